The third-order valence-corrected chi connectivity index (χ3v) is 2.22. The van der Waals surface area contributed by atoms with E-state index in [2.05, 4.69) is 31.2 Å². The summed E-state index contributed by atoms with van der Waals surface area (Å²) >= 11 is 0. The van der Waals surface area contributed by atoms with Gasteiger partial charge in [-0.1, -0.05) is 66.2 Å². The summed E-state index contributed by atoms with van der Waals surface area (Å²) in [6.45, 7) is 6.27. The molecule has 118 valence electrons. The van der Waals surface area contributed by atoms with Gasteiger partial charge >= 0.3 is 0 Å². The van der Waals surface area contributed by atoms with E-state index in [1.807, 2.05) is 36.4 Å². The van der Waals surface area contributed by atoms with Gasteiger partial charge in [0.25, 0.3) is 0 Å². The average molecular weight is 401 g/mol. The Labute approximate surface area is 146 Å². The molecule has 0 bridgehead atoms. The SMILES string of the molecule is CC(C)O.Cc1ccccc1.I.NCCc1ccccc1. The van der Waals surface area contributed by atoms with Crippen LogP contribution in [-0.4, -0.2) is 17.8 Å². The fraction of sp³-hybridized carbons (Fsp3) is 0.333. The van der Waals surface area contributed by atoms with Crippen molar-refractivity contribution in [3.05, 3.63) is 71.8 Å². The number of aryl methyl sites for hydroxylation is 1. The number of aliphatic hydroxyl groups excluding tert-OH is 1. The Kier molecular flexibility index (Phi) is 16.5. The first-order chi connectivity index (χ1) is 9.56. The van der Waals surface area contributed by atoms with Crippen molar-refractivity contribution in [3.63, 3.8) is 0 Å². The van der Waals surface area contributed by atoms with Crippen molar-refractivity contribution in [2.75, 3.05) is 6.54 Å². The number of nitrogens with two attached hydrogens (primary N) is 1. The molecule has 0 spiro atoms. The minimum Gasteiger partial charge on any atom is -0.394 e. The van der Waals surface area contributed by atoms with E-state index in [4.69, 9.17) is 10.8 Å². The zero-order chi connectivity index (χ0) is 15.2. The number of benzene rings is 2. The van der Waals surface area contributed by atoms with Gasteiger partial charge in [-0.2, -0.15) is 0 Å². The van der Waals surface area contributed by atoms with E-state index >= 15 is 0 Å². The van der Waals surface area contributed by atoms with Crippen molar-refractivity contribution in [1.29, 1.82) is 0 Å². The third-order valence-electron chi connectivity index (χ3n) is 2.22. The van der Waals surface area contributed by atoms with E-state index in [9.17, 15) is 0 Å². The lowest BCUT2D eigenvalue weighted by atomic mass is 10.2. The van der Waals surface area contributed by atoms with E-state index < -0.39 is 0 Å². The Bertz CT molecular complexity index is 415. The molecule has 0 aliphatic carbocycles. The van der Waals surface area contributed by atoms with Crippen LogP contribution in [0.5, 0.6) is 0 Å². The highest BCUT2D eigenvalue weighted by molar-refractivity contribution is 14.0. The van der Waals surface area contributed by atoms with E-state index in [1.54, 1.807) is 13.8 Å². The highest BCUT2D eigenvalue weighted by atomic mass is 127. The molecular weight excluding hydrogens is 373 g/mol. The second-order valence-electron chi connectivity index (χ2n) is 4.77. The maximum absolute atomic E-state index is 8.06. The van der Waals surface area contributed by atoms with Crippen LogP contribution >= 0.6 is 24.0 Å². The Morgan fingerprint density at radius 2 is 1.29 bits per heavy atom. The standard InChI is InChI=1S/C8H11N.C7H8.C3H8O.HI/c9-7-6-8-4-2-1-3-5-8;1-7-5-3-2-4-6-7;1-3(2)4;/h1-5H,6-7,9H2;2-6H,1H3;3-4H,1-2H3;1H. The molecule has 3 heteroatoms. The van der Waals surface area contributed by atoms with E-state index in [0.29, 0.717) is 0 Å². The van der Waals surface area contributed by atoms with Gasteiger partial charge in [-0.05, 0) is 39.3 Å². The van der Waals surface area contributed by atoms with Crippen LogP contribution in [0.4, 0.5) is 0 Å². The lowest BCUT2D eigenvalue weighted by Crippen LogP contribution is -2.01. The molecule has 2 aromatic rings. The molecule has 0 heterocycles. The Balaban J connectivity index is 0. The lowest BCUT2D eigenvalue weighted by Gasteiger charge is -1.93. The van der Waals surface area contributed by atoms with Gasteiger partial charge in [0, 0.05) is 6.10 Å². The smallest absolute Gasteiger partial charge is 0.0483 e. The summed E-state index contributed by atoms with van der Waals surface area (Å²) in [6.07, 6.45) is 0.820. The summed E-state index contributed by atoms with van der Waals surface area (Å²) < 4.78 is 0. The predicted molar refractivity (Wildman–Crippen MR) is 103 cm³/mol. The van der Waals surface area contributed by atoms with Gasteiger partial charge in [0.1, 0.15) is 0 Å². The van der Waals surface area contributed by atoms with Crippen LogP contribution in [-0.2, 0) is 6.42 Å². The van der Waals surface area contributed by atoms with Crippen LogP contribution in [0.3, 0.4) is 0 Å². The molecule has 0 aliphatic heterocycles. The quantitative estimate of drug-likeness (QED) is 0.742. The summed E-state index contributed by atoms with van der Waals surface area (Å²) in [5, 5.41) is 8.06. The largest absolute Gasteiger partial charge is 0.394 e. The second-order valence-corrected chi connectivity index (χ2v) is 4.77. The number of aliphatic hydroxyl groups is 1. The molecule has 0 unspecified atom stereocenters. The van der Waals surface area contributed by atoms with E-state index in [0.717, 1.165) is 13.0 Å². The normalized spacial score (nSPS) is 8.67. The maximum atomic E-state index is 8.06. The Hall–Kier alpha value is -0.910. The average Bonchev–Trinajstić information content (AvgIpc) is 2.41. The topological polar surface area (TPSA) is 46.2 Å². The molecule has 0 radical (unpaired) electrons. The maximum Gasteiger partial charge on any atom is 0.0483 e. The Morgan fingerprint density at radius 3 is 1.57 bits per heavy atom. The van der Waals surface area contributed by atoms with E-state index in [-0.39, 0.29) is 30.1 Å². The van der Waals surface area contributed by atoms with Crippen molar-refractivity contribution in [2.45, 2.75) is 33.3 Å². The molecule has 3 N–H and O–H groups in total. The summed E-state index contributed by atoms with van der Waals surface area (Å²) in [4.78, 5) is 0. The monoisotopic (exact) mass is 401 g/mol. The zero-order valence-electron chi connectivity index (χ0n) is 13.2. The molecule has 2 rings (SSSR count). The molecule has 0 aliphatic rings. The molecule has 0 saturated carbocycles. The van der Waals surface area contributed by atoms with Crippen molar-refractivity contribution < 1.29 is 5.11 Å². The van der Waals surface area contributed by atoms with Gasteiger partial charge in [-0.3, -0.25) is 0 Å². The van der Waals surface area contributed by atoms with Crippen LogP contribution in [0.25, 0.3) is 0 Å². The van der Waals surface area contributed by atoms with Crippen LogP contribution in [0.1, 0.15) is 25.0 Å². The minimum absolute atomic E-state index is 0. The zero-order valence-corrected chi connectivity index (χ0v) is 15.5. The van der Waals surface area contributed by atoms with E-state index in [1.165, 1.54) is 11.1 Å². The van der Waals surface area contributed by atoms with Gasteiger partial charge in [0.2, 0.25) is 0 Å². The van der Waals surface area contributed by atoms with Crippen LogP contribution in [0, 0.1) is 6.92 Å². The van der Waals surface area contributed by atoms with Crippen molar-refractivity contribution in [2.24, 2.45) is 5.73 Å². The number of halogens is 1. The van der Waals surface area contributed by atoms with Gasteiger partial charge in [0.15, 0.2) is 0 Å². The molecule has 0 aromatic heterocycles. The first-order valence-corrected chi connectivity index (χ1v) is 7.00. The van der Waals surface area contributed by atoms with Gasteiger partial charge < -0.3 is 10.8 Å². The van der Waals surface area contributed by atoms with Gasteiger partial charge in [0.05, 0.1) is 0 Å². The first-order valence-electron chi connectivity index (χ1n) is 7.00. The van der Waals surface area contributed by atoms with Crippen molar-refractivity contribution >= 4 is 24.0 Å². The highest BCUT2D eigenvalue weighted by Gasteiger charge is 1.84. The fourth-order valence-electron chi connectivity index (χ4n) is 1.35. The van der Waals surface area contributed by atoms with Crippen LogP contribution in [0.2, 0.25) is 0 Å². The molecule has 2 aromatic carbocycles. The van der Waals surface area contributed by atoms with Gasteiger partial charge in [-0.15, -0.1) is 24.0 Å². The molecular formula is C18H28INO. The summed E-state index contributed by atoms with van der Waals surface area (Å²) in [6, 6.07) is 20.5. The number of hydrogen-bond donors (Lipinski definition) is 2. The number of rotatable bonds is 2. The second kappa shape index (κ2) is 15.5. The number of hydrogen-bond acceptors (Lipinski definition) is 2. The van der Waals surface area contributed by atoms with Crippen LogP contribution in [0.15, 0.2) is 60.7 Å². The summed E-state index contributed by atoms with van der Waals surface area (Å²) in [5.41, 5.74) is 8.00. The summed E-state index contributed by atoms with van der Waals surface area (Å²) in [5.74, 6) is 0. The minimum atomic E-state index is -0.167. The fourth-order valence-corrected chi connectivity index (χ4v) is 1.35. The van der Waals surface area contributed by atoms with Crippen molar-refractivity contribution in [3.8, 4) is 0 Å². The summed E-state index contributed by atoms with van der Waals surface area (Å²) in [7, 11) is 0. The highest BCUT2D eigenvalue weighted by Crippen LogP contribution is 1.96. The molecule has 0 saturated heterocycles. The predicted octanol–water partition coefficient (Wildman–Crippen LogP) is 4.19. The Morgan fingerprint density at radius 1 is 0.905 bits per heavy atom. The van der Waals surface area contributed by atoms with Crippen molar-refractivity contribution in [1.82, 2.24) is 0 Å². The molecule has 0 fully saturated rings. The molecule has 2 nitrogen and oxygen atoms in total. The molecule has 21 heavy (non-hydrogen) atoms. The molecule has 0 amide bonds. The third kappa shape index (κ3) is 17.0. The molecule has 0 atom stereocenters. The van der Waals surface area contributed by atoms with Crippen LogP contribution < -0.4 is 5.73 Å². The first kappa shape index (κ1) is 22.4. The van der Waals surface area contributed by atoms with Gasteiger partial charge in [-0.25, -0.2) is 0 Å². The lowest BCUT2D eigenvalue weighted by molar-refractivity contribution is 0.216.